The summed E-state index contributed by atoms with van der Waals surface area (Å²) in [4.78, 5) is 12.9. The standard InChI is InChI=1S/C25H22N4O/c1-16-12-18(3)29(27-16)25(30)22(15-26)14-21-13-17(2)28(19(21)4)24-11-7-9-20-8-5-6-10-23(20)24/h5-14H,1-4H3/b22-14+. The number of rotatable bonds is 3. The molecule has 0 aliphatic carbocycles. The van der Waals surface area contributed by atoms with Crippen LogP contribution in [0.15, 0.2) is 60.2 Å². The van der Waals surface area contributed by atoms with Crippen LogP contribution in [0.4, 0.5) is 0 Å². The number of nitriles is 1. The summed E-state index contributed by atoms with van der Waals surface area (Å²) in [5.41, 5.74) is 5.42. The van der Waals surface area contributed by atoms with Gasteiger partial charge in [0.1, 0.15) is 11.6 Å². The molecule has 4 rings (SSSR count). The first kappa shape index (κ1) is 19.4. The third-order valence-corrected chi connectivity index (χ3v) is 5.33. The minimum atomic E-state index is -0.418. The van der Waals surface area contributed by atoms with Crippen molar-refractivity contribution in [3.05, 3.63) is 88.5 Å². The highest BCUT2D eigenvalue weighted by atomic mass is 16.2. The van der Waals surface area contributed by atoms with Crippen LogP contribution in [-0.4, -0.2) is 20.3 Å². The van der Waals surface area contributed by atoms with Crippen molar-refractivity contribution in [2.45, 2.75) is 27.7 Å². The van der Waals surface area contributed by atoms with E-state index in [1.807, 2.05) is 51.1 Å². The summed E-state index contributed by atoms with van der Waals surface area (Å²) in [7, 11) is 0. The monoisotopic (exact) mass is 394 g/mol. The topological polar surface area (TPSA) is 63.6 Å². The molecule has 0 bridgehead atoms. The van der Waals surface area contributed by atoms with E-state index in [1.165, 1.54) is 4.68 Å². The lowest BCUT2D eigenvalue weighted by molar-refractivity contribution is 0.0943. The number of carbonyl (C=O) groups excluding carboxylic acids is 1. The van der Waals surface area contributed by atoms with Gasteiger partial charge in [-0.2, -0.15) is 10.4 Å². The van der Waals surface area contributed by atoms with Gasteiger partial charge in [-0.25, -0.2) is 4.68 Å². The molecule has 2 aromatic carbocycles. The Morgan fingerprint density at radius 1 is 1.00 bits per heavy atom. The molecule has 2 heterocycles. The molecule has 5 nitrogen and oxygen atoms in total. The minimum absolute atomic E-state index is 0.0550. The molecule has 148 valence electrons. The second-order valence-corrected chi connectivity index (χ2v) is 7.47. The van der Waals surface area contributed by atoms with Gasteiger partial charge in [0.15, 0.2) is 0 Å². The van der Waals surface area contributed by atoms with Gasteiger partial charge in [0.2, 0.25) is 0 Å². The van der Waals surface area contributed by atoms with Crippen molar-refractivity contribution in [2.24, 2.45) is 0 Å². The van der Waals surface area contributed by atoms with E-state index in [-0.39, 0.29) is 5.57 Å². The Hall–Kier alpha value is -3.91. The molecule has 2 aromatic heterocycles. The predicted octanol–water partition coefficient (Wildman–Crippen LogP) is 5.31. The molecule has 0 amide bonds. The zero-order chi connectivity index (χ0) is 21.4. The molecule has 4 aromatic rings. The van der Waals surface area contributed by atoms with E-state index < -0.39 is 5.91 Å². The van der Waals surface area contributed by atoms with Crippen molar-refractivity contribution in [3.8, 4) is 11.8 Å². The second-order valence-electron chi connectivity index (χ2n) is 7.47. The van der Waals surface area contributed by atoms with E-state index in [0.717, 1.165) is 39.1 Å². The molecule has 30 heavy (non-hydrogen) atoms. The number of hydrogen-bond donors (Lipinski definition) is 0. The fourth-order valence-electron chi connectivity index (χ4n) is 3.95. The van der Waals surface area contributed by atoms with Crippen molar-refractivity contribution in [1.82, 2.24) is 14.3 Å². The van der Waals surface area contributed by atoms with Crippen molar-refractivity contribution >= 4 is 22.8 Å². The summed E-state index contributed by atoms with van der Waals surface area (Å²) in [5.74, 6) is -0.418. The minimum Gasteiger partial charge on any atom is -0.317 e. The van der Waals surface area contributed by atoms with Gasteiger partial charge in [-0.05, 0) is 62.9 Å². The van der Waals surface area contributed by atoms with Crippen LogP contribution in [0, 0.1) is 39.0 Å². The lowest BCUT2D eigenvalue weighted by atomic mass is 10.1. The van der Waals surface area contributed by atoms with Gasteiger partial charge in [0.05, 0.1) is 11.4 Å². The molecule has 0 aliphatic rings. The molecular weight excluding hydrogens is 372 g/mol. The summed E-state index contributed by atoms with van der Waals surface area (Å²) >= 11 is 0. The number of hydrogen-bond acceptors (Lipinski definition) is 3. The number of allylic oxidation sites excluding steroid dienone is 1. The summed E-state index contributed by atoms with van der Waals surface area (Å²) < 4.78 is 3.45. The van der Waals surface area contributed by atoms with Gasteiger partial charge in [-0.3, -0.25) is 4.79 Å². The second kappa shape index (κ2) is 7.49. The zero-order valence-electron chi connectivity index (χ0n) is 17.5. The summed E-state index contributed by atoms with van der Waals surface area (Å²) in [5, 5.41) is 16.2. The van der Waals surface area contributed by atoms with Crippen LogP contribution >= 0.6 is 0 Å². The Balaban J connectivity index is 1.83. The van der Waals surface area contributed by atoms with Crippen molar-refractivity contribution < 1.29 is 4.79 Å². The lowest BCUT2D eigenvalue weighted by Gasteiger charge is -2.13. The van der Waals surface area contributed by atoms with Crippen LogP contribution in [0.1, 0.15) is 33.1 Å². The Morgan fingerprint density at radius 2 is 1.73 bits per heavy atom. The van der Waals surface area contributed by atoms with E-state index in [1.54, 1.807) is 13.0 Å². The van der Waals surface area contributed by atoms with Crippen LogP contribution < -0.4 is 0 Å². The first-order valence-corrected chi connectivity index (χ1v) is 9.77. The number of carbonyl (C=O) groups is 1. The zero-order valence-corrected chi connectivity index (χ0v) is 17.5. The lowest BCUT2D eigenvalue weighted by Crippen LogP contribution is -2.15. The molecule has 5 heteroatoms. The number of aromatic nitrogens is 3. The molecular formula is C25H22N4O. The summed E-state index contributed by atoms with van der Waals surface area (Å²) in [6, 6.07) is 20.3. The highest BCUT2D eigenvalue weighted by Gasteiger charge is 2.18. The van der Waals surface area contributed by atoms with Crippen molar-refractivity contribution in [2.75, 3.05) is 0 Å². The maximum atomic E-state index is 12.9. The van der Waals surface area contributed by atoms with Crippen LogP contribution in [0.5, 0.6) is 0 Å². The maximum absolute atomic E-state index is 12.9. The molecule has 0 saturated heterocycles. The Labute approximate surface area is 175 Å². The number of aryl methyl sites for hydroxylation is 3. The normalized spacial score (nSPS) is 11.6. The van der Waals surface area contributed by atoms with Crippen LogP contribution in [0.25, 0.3) is 22.5 Å². The first-order valence-electron chi connectivity index (χ1n) is 9.77. The van der Waals surface area contributed by atoms with Crippen molar-refractivity contribution in [1.29, 1.82) is 5.26 Å². The summed E-state index contributed by atoms with van der Waals surface area (Å²) in [6.07, 6.45) is 1.66. The van der Waals surface area contributed by atoms with Gasteiger partial charge < -0.3 is 4.57 Å². The van der Waals surface area contributed by atoms with E-state index in [0.29, 0.717) is 5.69 Å². The first-order chi connectivity index (χ1) is 14.4. The van der Waals surface area contributed by atoms with Crippen molar-refractivity contribution in [3.63, 3.8) is 0 Å². The number of benzene rings is 2. The SMILES string of the molecule is Cc1cc(C)n(C(=O)/C(C#N)=C/c2cc(C)n(-c3cccc4ccccc34)c2C)n1. The molecule has 0 atom stereocenters. The predicted molar refractivity (Wildman–Crippen MR) is 119 cm³/mol. The molecule has 0 saturated carbocycles. The van der Waals surface area contributed by atoms with Crippen LogP contribution in [-0.2, 0) is 0 Å². The fourth-order valence-corrected chi connectivity index (χ4v) is 3.95. The quantitative estimate of drug-likeness (QED) is 0.349. The van der Waals surface area contributed by atoms with Crippen LogP contribution in [0.3, 0.4) is 0 Å². The molecule has 0 N–H and O–H groups in total. The van der Waals surface area contributed by atoms with Gasteiger partial charge >= 0.3 is 0 Å². The largest absolute Gasteiger partial charge is 0.317 e. The molecule has 0 unspecified atom stereocenters. The van der Waals surface area contributed by atoms with Gasteiger partial charge in [-0.15, -0.1) is 0 Å². The molecule has 0 aliphatic heterocycles. The number of nitrogens with zero attached hydrogens (tertiary/aromatic N) is 4. The third kappa shape index (κ3) is 3.23. The summed E-state index contributed by atoms with van der Waals surface area (Å²) in [6.45, 7) is 7.66. The van der Waals surface area contributed by atoms with E-state index >= 15 is 0 Å². The smallest absolute Gasteiger partial charge is 0.289 e. The molecule has 0 fully saturated rings. The average Bonchev–Trinajstić information content (AvgIpc) is 3.22. The van der Waals surface area contributed by atoms with E-state index in [4.69, 9.17) is 0 Å². The Morgan fingerprint density at radius 3 is 2.43 bits per heavy atom. The Bertz CT molecular complexity index is 1360. The van der Waals surface area contributed by atoms with Crippen LogP contribution in [0.2, 0.25) is 0 Å². The number of fused-ring (bicyclic) bond motifs is 1. The maximum Gasteiger partial charge on any atom is 0.289 e. The van der Waals surface area contributed by atoms with Gasteiger partial charge in [0, 0.05) is 22.5 Å². The van der Waals surface area contributed by atoms with E-state index in [9.17, 15) is 10.1 Å². The Kier molecular flexibility index (Phi) is 4.85. The highest BCUT2D eigenvalue weighted by molar-refractivity contribution is 6.03. The highest BCUT2D eigenvalue weighted by Crippen LogP contribution is 2.28. The third-order valence-electron chi connectivity index (χ3n) is 5.33. The molecule has 0 spiro atoms. The average molecular weight is 394 g/mol. The van der Waals surface area contributed by atoms with Gasteiger partial charge in [0.25, 0.3) is 5.91 Å². The van der Waals surface area contributed by atoms with Gasteiger partial charge in [-0.1, -0.05) is 36.4 Å². The molecule has 0 radical (unpaired) electrons. The fraction of sp³-hybridized carbons (Fsp3) is 0.160. The van der Waals surface area contributed by atoms with E-state index in [2.05, 4.69) is 40.0 Å².